The summed E-state index contributed by atoms with van der Waals surface area (Å²) in [6.45, 7) is 4.16. The Balaban J connectivity index is 2.56. The minimum atomic E-state index is 0.0747. The van der Waals surface area contributed by atoms with Crippen molar-refractivity contribution in [2.75, 3.05) is 0 Å². The molecule has 0 aromatic heterocycles. The van der Waals surface area contributed by atoms with Crippen molar-refractivity contribution in [1.29, 1.82) is 0 Å². The molecule has 0 saturated carbocycles. The van der Waals surface area contributed by atoms with Crippen LogP contribution < -0.4 is 16.4 Å². The van der Waals surface area contributed by atoms with E-state index in [-0.39, 0.29) is 5.54 Å². The molecule has 0 aromatic carbocycles. The third kappa shape index (κ3) is 1.21. The Morgan fingerprint density at radius 3 is 2.38 bits per heavy atom. The van der Waals surface area contributed by atoms with Gasteiger partial charge in [-0.2, -0.15) is 5.53 Å². The Kier molecular flexibility index (Phi) is 1.23. The van der Waals surface area contributed by atoms with Crippen LogP contribution >= 0.6 is 0 Å². The molecule has 0 aromatic rings. The zero-order valence-corrected chi connectivity index (χ0v) is 5.15. The molecule has 3 nitrogen and oxygen atoms in total. The number of hydrazine groups is 2. The van der Waals surface area contributed by atoms with Crippen LogP contribution in [0.3, 0.4) is 0 Å². The van der Waals surface area contributed by atoms with Crippen molar-refractivity contribution in [2.45, 2.75) is 19.4 Å². The number of nitrogens with one attached hydrogen (secondary N) is 3. The van der Waals surface area contributed by atoms with Crippen LogP contribution in [0.5, 0.6) is 0 Å². The first kappa shape index (κ1) is 5.59. The third-order valence-electron chi connectivity index (χ3n) is 1.04. The standard InChI is InChI=1S/C5H11N3/c1-5(2)3-4-6-8-7-5/h3-4,6-8H,1-2H3. The molecule has 1 aliphatic rings. The lowest BCUT2D eigenvalue weighted by atomic mass is 10.1. The number of rotatable bonds is 0. The zero-order chi connectivity index (χ0) is 6.04. The monoisotopic (exact) mass is 113 g/mol. The summed E-state index contributed by atoms with van der Waals surface area (Å²) in [6.07, 6.45) is 3.92. The number of hydrogen-bond donors (Lipinski definition) is 3. The van der Waals surface area contributed by atoms with Crippen LogP contribution in [0.1, 0.15) is 13.8 Å². The van der Waals surface area contributed by atoms with Gasteiger partial charge in [-0.15, -0.1) is 0 Å². The molecule has 0 spiro atoms. The second-order valence-corrected chi connectivity index (χ2v) is 2.45. The minimum absolute atomic E-state index is 0.0747. The molecule has 0 saturated heterocycles. The Labute approximate surface area is 49.1 Å². The van der Waals surface area contributed by atoms with Crippen molar-refractivity contribution in [1.82, 2.24) is 16.4 Å². The maximum Gasteiger partial charge on any atom is 0.0481 e. The van der Waals surface area contributed by atoms with Gasteiger partial charge < -0.3 is 5.43 Å². The maximum atomic E-state index is 3.01. The average molecular weight is 113 g/mol. The molecule has 3 heteroatoms. The Bertz CT molecular complexity index is 106. The lowest BCUT2D eigenvalue weighted by molar-refractivity contribution is 0.345. The minimum Gasteiger partial charge on any atom is -0.316 e. The molecule has 3 N–H and O–H groups in total. The molecule has 0 bridgehead atoms. The van der Waals surface area contributed by atoms with Crippen LogP contribution in [0.2, 0.25) is 0 Å². The first-order valence-corrected chi connectivity index (χ1v) is 2.66. The predicted molar refractivity (Wildman–Crippen MR) is 32.6 cm³/mol. The predicted octanol–water partition coefficient (Wildman–Crippen LogP) is -0.109. The summed E-state index contributed by atoms with van der Waals surface area (Å²) in [5, 5.41) is 0. The highest BCUT2D eigenvalue weighted by Gasteiger charge is 2.13. The van der Waals surface area contributed by atoms with Crippen LogP contribution in [0, 0.1) is 0 Å². The zero-order valence-electron chi connectivity index (χ0n) is 5.15. The summed E-state index contributed by atoms with van der Waals surface area (Å²) < 4.78 is 0. The molecule has 1 heterocycles. The highest BCUT2D eigenvalue weighted by molar-refractivity contribution is 5.00. The molecule has 1 rings (SSSR count). The van der Waals surface area contributed by atoms with Crippen LogP contribution in [-0.2, 0) is 0 Å². The summed E-state index contributed by atoms with van der Waals surface area (Å²) in [7, 11) is 0. The van der Waals surface area contributed by atoms with Crippen LogP contribution in [0.15, 0.2) is 12.3 Å². The third-order valence-corrected chi connectivity index (χ3v) is 1.04. The summed E-state index contributed by atoms with van der Waals surface area (Å²) in [6, 6.07) is 0. The highest BCUT2D eigenvalue weighted by Crippen LogP contribution is 2.02. The topological polar surface area (TPSA) is 36.1 Å². The van der Waals surface area contributed by atoms with Crippen molar-refractivity contribution in [3.63, 3.8) is 0 Å². The fourth-order valence-electron chi connectivity index (χ4n) is 0.531. The van der Waals surface area contributed by atoms with E-state index in [1.165, 1.54) is 0 Å². The van der Waals surface area contributed by atoms with Crippen molar-refractivity contribution < 1.29 is 0 Å². The first-order chi connectivity index (χ1) is 3.71. The van der Waals surface area contributed by atoms with E-state index in [1.807, 2.05) is 12.3 Å². The van der Waals surface area contributed by atoms with Crippen LogP contribution in [-0.4, -0.2) is 5.54 Å². The van der Waals surface area contributed by atoms with Crippen molar-refractivity contribution in [3.05, 3.63) is 12.3 Å². The summed E-state index contributed by atoms with van der Waals surface area (Å²) >= 11 is 0. The van der Waals surface area contributed by atoms with E-state index in [0.717, 1.165) is 0 Å². The SMILES string of the molecule is CC1(C)C=CNNN1. The van der Waals surface area contributed by atoms with E-state index in [1.54, 1.807) is 0 Å². The van der Waals surface area contributed by atoms with E-state index in [4.69, 9.17) is 0 Å². The van der Waals surface area contributed by atoms with Gasteiger partial charge in [-0.3, -0.25) is 0 Å². The number of hydrogen-bond acceptors (Lipinski definition) is 3. The van der Waals surface area contributed by atoms with Gasteiger partial charge in [0.05, 0.1) is 0 Å². The van der Waals surface area contributed by atoms with E-state index in [0.29, 0.717) is 0 Å². The van der Waals surface area contributed by atoms with E-state index in [9.17, 15) is 0 Å². The normalized spacial score (nSPS) is 24.8. The molecule has 0 fully saturated rings. The molecule has 1 aliphatic heterocycles. The van der Waals surface area contributed by atoms with Gasteiger partial charge in [-0.25, -0.2) is 5.43 Å². The first-order valence-electron chi connectivity index (χ1n) is 2.66. The van der Waals surface area contributed by atoms with Crippen molar-refractivity contribution in [2.24, 2.45) is 0 Å². The van der Waals surface area contributed by atoms with Gasteiger partial charge in [0.15, 0.2) is 0 Å². The Hall–Kier alpha value is -0.540. The molecule has 0 atom stereocenters. The lowest BCUT2D eigenvalue weighted by Gasteiger charge is -2.26. The molecule has 8 heavy (non-hydrogen) atoms. The van der Waals surface area contributed by atoms with Crippen molar-refractivity contribution in [3.8, 4) is 0 Å². The quantitative estimate of drug-likeness (QED) is 0.410. The van der Waals surface area contributed by atoms with E-state index < -0.39 is 0 Å². The van der Waals surface area contributed by atoms with Gasteiger partial charge in [0, 0.05) is 11.7 Å². The van der Waals surface area contributed by atoms with Gasteiger partial charge in [0.25, 0.3) is 0 Å². The Morgan fingerprint density at radius 1 is 1.38 bits per heavy atom. The molecular weight excluding hydrogens is 102 g/mol. The van der Waals surface area contributed by atoms with E-state index >= 15 is 0 Å². The second-order valence-electron chi connectivity index (χ2n) is 2.45. The highest BCUT2D eigenvalue weighted by atomic mass is 15.6. The molecule has 0 unspecified atom stereocenters. The van der Waals surface area contributed by atoms with Gasteiger partial charge in [0.2, 0.25) is 0 Å². The fourth-order valence-corrected chi connectivity index (χ4v) is 0.531. The lowest BCUT2D eigenvalue weighted by Crippen LogP contribution is -2.54. The van der Waals surface area contributed by atoms with Crippen LogP contribution in [0.25, 0.3) is 0 Å². The van der Waals surface area contributed by atoms with E-state index in [2.05, 4.69) is 30.2 Å². The smallest absolute Gasteiger partial charge is 0.0481 e. The largest absolute Gasteiger partial charge is 0.316 e. The summed E-state index contributed by atoms with van der Waals surface area (Å²) in [4.78, 5) is 0. The molecule has 0 aliphatic carbocycles. The molecule has 46 valence electrons. The summed E-state index contributed by atoms with van der Waals surface area (Å²) in [5.41, 5.74) is 8.67. The fraction of sp³-hybridized carbons (Fsp3) is 0.600. The van der Waals surface area contributed by atoms with Gasteiger partial charge in [-0.1, -0.05) is 0 Å². The van der Waals surface area contributed by atoms with Gasteiger partial charge in [0.1, 0.15) is 0 Å². The average Bonchev–Trinajstić information content (AvgIpc) is 1.65. The summed E-state index contributed by atoms with van der Waals surface area (Å²) in [5.74, 6) is 0. The molecule has 0 radical (unpaired) electrons. The maximum absolute atomic E-state index is 3.01. The van der Waals surface area contributed by atoms with Gasteiger partial charge in [-0.05, 0) is 19.9 Å². The Morgan fingerprint density at radius 2 is 2.12 bits per heavy atom. The van der Waals surface area contributed by atoms with Crippen LogP contribution in [0.4, 0.5) is 0 Å². The second kappa shape index (κ2) is 1.76. The van der Waals surface area contributed by atoms with Crippen molar-refractivity contribution >= 4 is 0 Å². The van der Waals surface area contributed by atoms with Gasteiger partial charge >= 0.3 is 0 Å². The molecule has 0 amide bonds. The molecular formula is C5H11N3.